The first-order chi connectivity index (χ1) is 11.1. The highest BCUT2D eigenvalue weighted by Crippen LogP contribution is 2.07. The van der Waals surface area contributed by atoms with Crippen LogP contribution >= 0.6 is 0 Å². The molecule has 1 aromatic rings. The Bertz CT molecular complexity index is 555. The smallest absolute Gasteiger partial charge is 0.410 e. The van der Waals surface area contributed by atoms with Gasteiger partial charge in [0.2, 0.25) is 0 Å². The van der Waals surface area contributed by atoms with Gasteiger partial charge in [0.15, 0.2) is 0 Å². The monoisotopic (exact) mass is 320 g/mol. The van der Waals surface area contributed by atoms with Gasteiger partial charge in [-0.3, -0.25) is 0 Å². The number of hydrogen-bond acceptors (Lipinski definition) is 6. The van der Waals surface area contributed by atoms with E-state index in [-0.39, 0.29) is 13.2 Å². The number of carbonyl (C=O) groups excluding carboxylic acids is 3. The molecule has 7 heteroatoms. The lowest BCUT2D eigenvalue weighted by Gasteiger charge is -2.16. The number of esters is 2. The zero-order chi connectivity index (χ0) is 16.7. The second-order valence-corrected chi connectivity index (χ2v) is 5.34. The molecule has 1 saturated heterocycles. The van der Waals surface area contributed by atoms with E-state index in [1.807, 2.05) is 30.3 Å². The number of carbonyl (C=O) groups is 3. The molecule has 0 unspecified atom stereocenters. The van der Waals surface area contributed by atoms with E-state index >= 15 is 0 Å². The number of rotatable bonds is 5. The fraction of sp³-hybridized carbons (Fsp3) is 0.438. The first-order valence-electron chi connectivity index (χ1n) is 7.46. The number of benzene rings is 1. The summed E-state index contributed by atoms with van der Waals surface area (Å²) >= 11 is 0. The van der Waals surface area contributed by atoms with Crippen molar-refractivity contribution in [1.29, 1.82) is 0 Å². The third-order valence-electron chi connectivity index (χ3n) is 3.44. The fourth-order valence-electron chi connectivity index (χ4n) is 2.19. The van der Waals surface area contributed by atoms with Gasteiger partial charge in [0.25, 0.3) is 0 Å². The molecule has 1 aliphatic rings. The second kappa shape index (κ2) is 8.28. The Morgan fingerprint density at radius 1 is 1.26 bits per heavy atom. The summed E-state index contributed by atoms with van der Waals surface area (Å²) in [6.45, 7) is 0.510. The summed E-state index contributed by atoms with van der Waals surface area (Å²) in [6.07, 6.45) is 0.873. The Labute approximate surface area is 134 Å². The maximum Gasteiger partial charge on any atom is 0.410 e. The van der Waals surface area contributed by atoms with Crippen LogP contribution in [-0.2, 0) is 25.7 Å². The highest BCUT2D eigenvalue weighted by atomic mass is 16.6. The van der Waals surface area contributed by atoms with Crippen molar-refractivity contribution in [3.8, 4) is 0 Å². The van der Waals surface area contributed by atoms with Crippen molar-refractivity contribution in [2.24, 2.45) is 0 Å². The van der Waals surface area contributed by atoms with Crippen molar-refractivity contribution in [2.45, 2.75) is 25.5 Å². The molecule has 1 heterocycles. The Morgan fingerprint density at radius 3 is 2.65 bits per heavy atom. The predicted molar refractivity (Wildman–Crippen MR) is 81.4 cm³/mol. The summed E-state index contributed by atoms with van der Waals surface area (Å²) in [6, 6.07) is 8.77. The largest absolute Gasteiger partial charge is 0.445 e. The fourth-order valence-corrected chi connectivity index (χ4v) is 2.19. The molecule has 1 amide bonds. The normalized spacial score (nSPS) is 16.7. The van der Waals surface area contributed by atoms with Gasteiger partial charge in [0.05, 0.1) is 0 Å². The van der Waals surface area contributed by atoms with E-state index in [0.29, 0.717) is 6.42 Å². The third-order valence-corrected chi connectivity index (χ3v) is 3.44. The summed E-state index contributed by atoms with van der Waals surface area (Å²) in [7, 11) is 1.41. The van der Waals surface area contributed by atoms with Crippen LogP contribution in [0.5, 0.6) is 0 Å². The molecule has 1 aliphatic heterocycles. The molecule has 0 spiro atoms. The van der Waals surface area contributed by atoms with Crippen molar-refractivity contribution in [3.05, 3.63) is 35.9 Å². The molecular formula is C16H20N2O5. The van der Waals surface area contributed by atoms with Crippen LogP contribution in [-0.4, -0.2) is 49.1 Å². The molecule has 0 aliphatic carbocycles. The van der Waals surface area contributed by atoms with Crippen molar-refractivity contribution in [1.82, 2.24) is 10.2 Å². The molecule has 0 aromatic heterocycles. The van der Waals surface area contributed by atoms with Crippen LogP contribution in [0.2, 0.25) is 0 Å². The van der Waals surface area contributed by atoms with Gasteiger partial charge in [-0.15, -0.1) is 0 Å². The van der Waals surface area contributed by atoms with Gasteiger partial charge in [0.1, 0.15) is 19.2 Å². The van der Waals surface area contributed by atoms with Crippen LogP contribution in [0.4, 0.5) is 4.79 Å². The SMILES string of the molecule is CN(CC(=O)OC(=O)[C@@H]1CCCN1)C(=O)OCc1ccccc1. The predicted octanol–water partition coefficient (Wildman–Crippen LogP) is 1.08. The van der Waals surface area contributed by atoms with Gasteiger partial charge in [-0.2, -0.15) is 0 Å². The second-order valence-electron chi connectivity index (χ2n) is 5.34. The minimum Gasteiger partial charge on any atom is -0.445 e. The van der Waals surface area contributed by atoms with Crippen LogP contribution in [0, 0.1) is 0 Å². The lowest BCUT2D eigenvalue weighted by Crippen LogP contribution is -2.38. The molecule has 2 rings (SSSR count). The van der Waals surface area contributed by atoms with Crippen LogP contribution in [0.1, 0.15) is 18.4 Å². The van der Waals surface area contributed by atoms with Gasteiger partial charge in [0, 0.05) is 7.05 Å². The molecule has 7 nitrogen and oxygen atoms in total. The maximum atomic E-state index is 11.8. The molecule has 0 radical (unpaired) electrons. The molecule has 0 bridgehead atoms. The van der Waals surface area contributed by atoms with E-state index < -0.39 is 24.1 Å². The van der Waals surface area contributed by atoms with E-state index in [9.17, 15) is 14.4 Å². The minimum atomic E-state index is -0.775. The molecule has 1 atom stereocenters. The maximum absolute atomic E-state index is 11.8. The van der Waals surface area contributed by atoms with E-state index in [0.717, 1.165) is 23.4 Å². The van der Waals surface area contributed by atoms with Gasteiger partial charge in [-0.25, -0.2) is 14.4 Å². The first kappa shape index (κ1) is 17.0. The van der Waals surface area contributed by atoms with Crippen LogP contribution < -0.4 is 5.32 Å². The zero-order valence-electron chi connectivity index (χ0n) is 13.0. The lowest BCUT2D eigenvalue weighted by molar-refractivity contribution is -0.161. The summed E-state index contributed by atoms with van der Waals surface area (Å²) in [5.74, 6) is -1.37. The van der Waals surface area contributed by atoms with E-state index in [1.165, 1.54) is 7.05 Å². The molecule has 0 saturated carbocycles. The van der Waals surface area contributed by atoms with Crippen molar-refractivity contribution < 1.29 is 23.9 Å². The number of amides is 1. The summed E-state index contributed by atoms with van der Waals surface area (Å²) in [4.78, 5) is 36.2. The summed E-state index contributed by atoms with van der Waals surface area (Å²) < 4.78 is 9.81. The number of nitrogens with zero attached hydrogens (tertiary/aromatic N) is 1. The Hall–Kier alpha value is -2.41. The molecule has 1 aromatic carbocycles. The number of likely N-dealkylation sites (N-methyl/N-ethyl adjacent to an activating group) is 1. The number of nitrogens with one attached hydrogen (secondary N) is 1. The van der Waals surface area contributed by atoms with E-state index in [1.54, 1.807) is 0 Å². The van der Waals surface area contributed by atoms with Crippen LogP contribution in [0.15, 0.2) is 30.3 Å². The Balaban J connectivity index is 1.72. The van der Waals surface area contributed by atoms with Crippen molar-refractivity contribution in [2.75, 3.05) is 20.1 Å². The molecule has 1 N–H and O–H groups in total. The first-order valence-corrected chi connectivity index (χ1v) is 7.46. The number of hydrogen-bond donors (Lipinski definition) is 1. The number of ether oxygens (including phenoxy) is 2. The average Bonchev–Trinajstić information content (AvgIpc) is 3.08. The van der Waals surface area contributed by atoms with E-state index in [2.05, 4.69) is 5.32 Å². The van der Waals surface area contributed by atoms with Gasteiger partial charge in [-0.05, 0) is 24.9 Å². The summed E-state index contributed by atoms with van der Waals surface area (Å²) in [5.41, 5.74) is 0.847. The molecular weight excluding hydrogens is 300 g/mol. The average molecular weight is 320 g/mol. The summed E-state index contributed by atoms with van der Waals surface area (Å²) in [5, 5.41) is 2.94. The quantitative estimate of drug-likeness (QED) is 0.645. The highest BCUT2D eigenvalue weighted by Gasteiger charge is 2.26. The lowest BCUT2D eigenvalue weighted by atomic mass is 10.2. The van der Waals surface area contributed by atoms with Crippen LogP contribution in [0.25, 0.3) is 0 Å². The van der Waals surface area contributed by atoms with Gasteiger partial charge in [-0.1, -0.05) is 30.3 Å². The Morgan fingerprint density at radius 2 is 2.00 bits per heavy atom. The third kappa shape index (κ3) is 5.37. The van der Waals surface area contributed by atoms with Crippen molar-refractivity contribution in [3.63, 3.8) is 0 Å². The zero-order valence-corrected chi connectivity index (χ0v) is 13.0. The van der Waals surface area contributed by atoms with E-state index in [4.69, 9.17) is 9.47 Å². The molecule has 23 heavy (non-hydrogen) atoms. The van der Waals surface area contributed by atoms with Crippen LogP contribution in [0.3, 0.4) is 0 Å². The van der Waals surface area contributed by atoms with Crippen molar-refractivity contribution >= 4 is 18.0 Å². The van der Waals surface area contributed by atoms with Gasteiger partial charge >= 0.3 is 18.0 Å². The van der Waals surface area contributed by atoms with Gasteiger partial charge < -0.3 is 19.7 Å². The topological polar surface area (TPSA) is 84.9 Å². The molecule has 124 valence electrons. The standard InChI is InChI=1S/C16H20N2O5/c1-18(16(21)22-11-12-6-3-2-4-7-12)10-14(19)23-15(20)13-8-5-9-17-13/h2-4,6-7,13,17H,5,8-11H2,1H3/t13-/m0/s1. The minimum absolute atomic E-state index is 0.115. The Kier molecular flexibility index (Phi) is 6.10. The highest BCUT2D eigenvalue weighted by molar-refractivity contribution is 5.90. The molecule has 1 fully saturated rings.